The van der Waals surface area contributed by atoms with Crippen LogP contribution < -0.4 is 10.2 Å². The summed E-state index contributed by atoms with van der Waals surface area (Å²) in [6, 6.07) is 21.3. The van der Waals surface area contributed by atoms with Crippen molar-refractivity contribution in [2.24, 2.45) is 5.10 Å². The zero-order valence-electron chi connectivity index (χ0n) is 15.7. The fourth-order valence-electron chi connectivity index (χ4n) is 2.49. The first-order valence-corrected chi connectivity index (χ1v) is 8.80. The van der Waals surface area contributed by atoms with E-state index in [4.69, 9.17) is 4.74 Å². The maximum atomic E-state index is 12.1. The summed E-state index contributed by atoms with van der Waals surface area (Å²) in [5, 5.41) is 3.96. The van der Waals surface area contributed by atoms with Gasteiger partial charge in [0.05, 0.1) is 11.8 Å². The van der Waals surface area contributed by atoms with Gasteiger partial charge >= 0.3 is 5.97 Å². The van der Waals surface area contributed by atoms with Gasteiger partial charge in [-0.25, -0.2) is 10.2 Å². The smallest absolute Gasteiger partial charge is 0.343 e. The van der Waals surface area contributed by atoms with E-state index in [1.807, 2.05) is 38.1 Å². The van der Waals surface area contributed by atoms with E-state index in [0.717, 1.165) is 16.7 Å². The Kier molecular flexibility index (Phi) is 5.97. The number of nitrogens with one attached hydrogen (secondary N) is 1. The first kappa shape index (κ1) is 19.0. The van der Waals surface area contributed by atoms with Crippen LogP contribution in [0.15, 0.2) is 77.9 Å². The summed E-state index contributed by atoms with van der Waals surface area (Å²) in [4.78, 5) is 24.2. The number of hydrazone groups is 1. The number of hydrogen-bond acceptors (Lipinski definition) is 4. The van der Waals surface area contributed by atoms with Crippen LogP contribution >= 0.6 is 0 Å². The van der Waals surface area contributed by atoms with Gasteiger partial charge in [-0.3, -0.25) is 4.79 Å². The van der Waals surface area contributed by atoms with Gasteiger partial charge in [0.1, 0.15) is 5.75 Å². The second kappa shape index (κ2) is 8.77. The van der Waals surface area contributed by atoms with E-state index in [-0.39, 0.29) is 5.91 Å². The van der Waals surface area contributed by atoms with Crippen molar-refractivity contribution in [2.45, 2.75) is 13.8 Å². The summed E-state index contributed by atoms with van der Waals surface area (Å²) in [7, 11) is 0. The Labute approximate surface area is 163 Å². The molecule has 0 aliphatic carbocycles. The van der Waals surface area contributed by atoms with Crippen LogP contribution in [0.5, 0.6) is 5.75 Å². The Morgan fingerprint density at radius 3 is 2.25 bits per heavy atom. The minimum Gasteiger partial charge on any atom is -0.423 e. The molecule has 0 aromatic heterocycles. The molecule has 3 rings (SSSR count). The highest BCUT2D eigenvalue weighted by Gasteiger charge is 2.08. The molecule has 0 saturated heterocycles. The molecule has 5 nitrogen and oxygen atoms in total. The van der Waals surface area contributed by atoms with Crippen LogP contribution in [-0.2, 0) is 0 Å². The first-order chi connectivity index (χ1) is 13.5. The predicted molar refractivity (Wildman–Crippen MR) is 109 cm³/mol. The Balaban J connectivity index is 1.56. The molecule has 0 spiro atoms. The summed E-state index contributed by atoms with van der Waals surface area (Å²) in [5.41, 5.74) is 6.39. The maximum Gasteiger partial charge on any atom is 0.343 e. The molecule has 0 saturated carbocycles. The van der Waals surface area contributed by atoms with E-state index < -0.39 is 5.97 Å². The number of aryl methyl sites for hydroxylation is 2. The van der Waals surface area contributed by atoms with Crippen LogP contribution in [0.25, 0.3) is 0 Å². The number of nitrogens with zero attached hydrogens (tertiary/aromatic N) is 1. The zero-order valence-corrected chi connectivity index (χ0v) is 15.7. The lowest BCUT2D eigenvalue weighted by molar-refractivity contribution is 0.0734. The number of rotatable bonds is 5. The van der Waals surface area contributed by atoms with E-state index >= 15 is 0 Å². The molecule has 0 fully saturated rings. The zero-order chi connectivity index (χ0) is 19.9. The van der Waals surface area contributed by atoms with E-state index in [2.05, 4.69) is 10.5 Å². The number of carbonyl (C=O) groups excluding carboxylic acids is 2. The van der Waals surface area contributed by atoms with Crippen LogP contribution in [0, 0.1) is 13.8 Å². The predicted octanol–water partition coefficient (Wildman–Crippen LogP) is 4.29. The van der Waals surface area contributed by atoms with Crippen molar-refractivity contribution < 1.29 is 14.3 Å². The quantitative estimate of drug-likeness (QED) is 0.314. The molecular formula is C23H20N2O3. The minimum absolute atomic E-state index is 0.274. The largest absolute Gasteiger partial charge is 0.423 e. The highest BCUT2D eigenvalue weighted by molar-refractivity contribution is 5.95. The Morgan fingerprint density at radius 1 is 0.857 bits per heavy atom. The monoisotopic (exact) mass is 372 g/mol. The SMILES string of the molecule is Cc1ccc(C(=O)Oc2ccc(/C=N\NC(=O)c3cccc(C)c3)cc2)cc1. The molecule has 0 heterocycles. The molecule has 0 radical (unpaired) electrons. The van der Waals surface area contributed by atoms with Crippen LogP contribution in [0.1, 0.15) is 37.4 Å². The fourth-order valence-corrected chi connectivity index (χ4v) is 2.49. The average molecular weight is 372 g/mol. The van der Waals surface area contributed by atoms with Crippen molar-refractivity contribution in [1.82, 2.24) is 5.43 Å². The lowest BCUT2D eigenvalue weighted by atomic mass is 10.1. The van der Waals surface area contributed by atoms with Crippen LogP contribution in [0.3, 0.4) is 0 Å². The molecule has 0 atom stereocenters. The highest BCUT2D eigenvalue weighted by Crippen LogP contribution is 2.14. The van der Waals surface area contributed by atoms with Crippen molar-refractivity contribution >= 4 is 18.1 Å². The molecule has 1 amide bonds. The van der Waals surface area contributed by atoms with E-state index in [0.29, 0.717) is 16.9 Å². The number of hydrogen-bond donors (Lipinski definition) is 1. The summed E-state index contributed by atoms with van der Waals surface area (Å²) in [5.74, 6) is -0.248. The van der Waals surface area contributed by atoms with E-state index in [1.165, 1.54) is 6.21 Å². The Morgan fingerprint density at radius 2 is 1.57 bits per heavy atom. The van der Waals surface area contributed by atoms with Crippen LogP contribution in [0.2, 0.25) is 0 Å². The third-order valence-electron chi connectivity index (χ3n) is 4.04. The number of carbonyl (C=O) groups is 2. The molecule has 1 N–H and O–H groups in total. The number of amides is 1. The van der Waals surface area contributed by atoms with Gasteiger partial charge < -0.3 is 4.74 Å². The van der Waals surface area contributed by atoms with Gasteiger partial charge in [0.2, 0.25) is 0 Å². The molecule has 3 aromatic carbocycles. The molecule has 5 heteroatoms. The van der Waals surface area contributed by atoms with Gasteiger partial charge in [0.25, 0.3) is 5.91 Å². The van der Waals surface area contributed by atoms with Crippen LogP contribution in [-0.4, -0.2) is 18.1 Å². The van der Waals surface area contributed by atoms with Gasteiger partial charge in [0, 0.05) is 5.56 Å². The third-order valence-corrected chi connectivity index (χ3v) is 4.04. The molecule has 0 aliphatic rings. The molecule has 0 bridgehead atoms. The molecule has 0 aliphatic heterocycles. The van der Waals surface area contributed by atoms with Crippen molar-refractivity contribution in [3.8, 4) is 5.75 Å². The number of benzene rings is 3. The van der Waals surface area contributed by atoms with Crippen molar-refractivity contribution in [3.05, 3.63) is 101 Å². The standard InChI is InChI=1S/C23H20N2O3/c1-16-6-10-19(11-7-16)23(27)28-21-12-8-18(9-13-21)15-24-25-22(26)20-5-3-4-17(2)14-20/h3-15H,1-2H3,(H,25,26)/b24-15-. The van der Waals surface area contributed by atoms with E-state index in [9.17, 15) is 9.59 Å². The molecule has 0 unspecified atom stereocenters. The Bertz CT molecular complexity index is 1010. The average Bonchev–Trinajstić information content (AvgIpc) is 2.69. The highest BCUT2D eigenvalue weighted by atomic mass is 16.5. The van der Waals surface area contributed by atoms with Gasteiger partial charge in [-0.15, -0.1) is 0 Å². The second-order valence-corrected chi connectivity index (χ2v) is 6.39. The second-order valence-electron chi connectivity index (χ2n) is 6.39. The van der Waals surface area contributed by atoms with Crippen molar-refractivity contribution in [3.63, 3.8) is 0 Å². The third kappa shape index (κ3) is 5.14. The van der Waals surface area contributed by atoms with Gasteiger partial charge in [-0.05, 0) is 67.9 Å². The molecule has 140 valence electrons. The summed E-state index contributed by atoms with van der Waals surface area (Å²) in [6.45, 7) is 3.88. The van der Waals surface area contributed by atoms with Crippen molar-refractivity contribution in [2.75, 3.05) is 0 Å². The van der Waals surface area contributed by atoms with E-state index in [1.54, 1.807) is 48.5 Å². The van der Waals surface area contributed by atoms with Gasteiger partial charge in [0.15, 0.2) is 0 Å². The van der Waals surface area contributed by atoms with Gasteiger partial charge in [-0.2, -0.15) is 5.10 Å². The number of esters is 1. The lowest BCUT2D eigenvalue weighted by Crippen LogP contribution is -2.17. The molecular weight excluding hydrogens is 352 g/mol. The first-order valence-electron chi connectivity index (χ1n) is 8.80. The normalized spacial score (nSPS) is 10.6. The molecule has 3 aromatic rings. The Hall–Kier alpha value is -3.73. The fraction of sp³-hybridized carbons (Fsp3) is 0.0870. The summed E-state index contributed by atoms with van der Waals surface area (Å²) >= 11 is 0. The van der Waals surface area contributed by atoms with Crippen LogP contribution in [0.4, 0.5) is 0 Å². The van der Waals surface area contributed by atoms with Crippen molar-refractivity contribution in [1.29, 1.82) is 0 Å². The van der Waals surface area contributed by atoms with Gasteiger partial charge in [-0.1, -0.05) is 35.4 Å². The molecule has 28 heavy (non-hydrogen) atoms. The maximum absolute atomic E-state index is 12.1. The summed E-state index contributed by atoms with van der Waals surface area (Å²) in [6.07, 6.45) is 1.53. The summed E-state index contributed by atoms with van der Waals surface area (Å²) < 4.78 is 5.35. The minimum atomic E-state index is -0.410. The topological polar surface area (TPSA) is 67.8 Å². The number of ether oxygens (including phenoxy) is 1. The lowest BCUT2D eigenvalue weighted by Gasteiger charge is -2.05.